The van der Waals surface area contributed by atoms with E-state index in [2.05, 4.69) is 25.7 Å². The van der Waals surface area contributed by atoms with Crippen molar-refractivity contribution in [2.45, 2.75) is 47.1 Å². The average Bonchev–Trinajstić information content (AvgIpc) is 2.04. The topological polar surface area (TPSA) is 40.5 Å². The van der Waals surface area contributed by atoms with Crippen LogP contribution in [0.5, 0.6) is 0 Å². The van der Waals surface area contributed by atoms with Crippen molar-refractivity contribution in [1.82, 2.24) is 4.90 Å². The summed E-state index contributed by atoms with van der Waals surface area (Å²) >= 11 is 0. The Morgan fingerprint density at radius 2 is 1.93 bits per heavy atom. The van der Waals surface area contributed by atoms with Crippen LogP contribution in [-0.4, -0.2) is 35.1 Å². The van der Waals surface area contributed by atoms with Gasteiger partial charge in [-0.05, 0) is 47.2 Å². The van der Waals surface area contributed by atoms with Crippen LogP contribution in [0.25, 0.3) is 0 Å². The van der Waals surface area contributed by atoms with Crippen molar-refractivity contribution >= 4 is 5.97 Å². The zero-order valence-electron chi connectivity index (χ0n) is 10.0. The summed E-state index contributed by atoms with van der Waals surface area (Å²) in [4.78, 5) is 13.2. The highest BCUT2D eigenvalue weighted by Crippen LogP contribution is 2.21. The normalized spacial score (nSPS) is 12.5. The van der Waals surface area contributed by atoms with Gasteiger partial charge < -0.3 is 10.0 Å². The zero-order valence-corrected chi connectivity index (χ0v) is 10.0. The van der Waals surface area contributed by atoms with Gasteiger partial charge in [-0.25, -0.2) is 0 Å². The second-order valence-electron chi connectivity index (χ2n) is 4.66. The molecule has 3 heteroatoms. The molecular formula is C11H23NO2. The third-order valence-electron chi connectivity index (χ3n) is 2.74. The van der Waals surface area contributed by atoms with Crippen LogP contribution in [0.2, 0.25) is 0 Å². The minimum Gasteiger partial charge on any atom is -0.481 e. The van der Waals surface area contributed by atoms with E-state index in [9.17, 15) is 4.79 Å². The summed E-state index contributed by atoms with van der Waals surface area (Å²) in [6.07, 6.45) is 0.703. The molecule has 84 valence electrons. The van der Waals surface area contributed by atoms with Crippen LogP contribution in [0.15, 0.2) is 0 Å². The second-order valence-corrected chi connectivity index (χ2v) is 4.66. The summed E-state index contributed by atoms with van der Waals surface area (Å²) in [5.74, 6) is -0.711. The Labute approximate surface area is 87.1 Å². The maximum absolute atomic E-state index is 10.9. The maximum Gasteiger partial charge on any atom is 0.309 e. The number of rotatable bonds is 6. The zero-order chi connectivity index (χ0) is 11.4. The summed E-state index contributed by atoms with van der Waals surface area (Å²) in [7, 11) is 0. The minimum atomic E-state index is -0.711. The molecule has 0 saturated heterocycles. The number of nitrogens with zero attached hydrogens (tertiary/aromatic N) is 1. The SMILES string of the molecule is CCN(CCC(C)(C)C(=O)O)C(C)C. The third kappa shape index (κ3) is 4.09. The van der Waals surface area contributed by atoms with Crippen molar-refractivity contribution < 1.29 is 9.90 Å². The molecule has 0 rings (SSSR count). The molecule has 0 amide bonds. The molecule has 0 radical (unpaired) electrons. The minimum absolute atomic E-state index is 0.490. The first-order chi connectivity index (χ1) is 6.31. The highest BCUT2D eigenvalue weighted by Gasteiger charge is 2.27. The summed E-state index contributed by atoms with van der Waals surface area (Å²) in [6, 6.07) is 0.490. The Kier molecular flexibility index (Phi) is 5.13. The molecular weight excluding hydrogens is 178 g/mol. The molecule has 0 bridgehead atoms. The fourth-order valence-electron chi connectivity index (χ4n) is 1.31. The van der Waals surface area contributed by atoms with Crippen molar-refractivity contribution in [3.05, 3.63) is 0 Å². The highest BCUT2D eigenvalue weighted by atomic mass is 16.4. The first kappa shape index (κ1) is 13.4. The quantitative estimate of drug-likeness (QED) is 0.716. The van der Waals surface area contributed by atoms with Crippen molar-refractivity contribution in [1.29, 1.82) is 0 Å². The molecule has 0 aromatic carbocycles. The van der Waals surface area contributed by atoms with E-state index in [1.54, 1.807) is 13.8 Å². The van der Waals surface area contributed by atoms with E-state index < -0.39 is 11.4 Å². The summed E-state index contributed by atoms with van der Waals surface area (Å²) in [6.45, 7) is 11.8. The molecule has 3 nitrogen and oxygen atoms in total. The van der Waals surface area contributed by atoms with E-state index in [1.165, 1.54) is 0 Å². The number of aliphatic carboxylic acids is 1. The molecule has 0 aliphatic heterocycles. The van der Waals surface area contributed by atoms with Gasteiger partial charge in [-0.1, -0.05) is 6.92 Å². The molecule has 0 unspecified atom stereocenters. The average molecular weight is 201 g/mol. The molecule has 0 aromatic heterocycles. The van der Waals surface area contributed by atoms with Crippen LogP contribution < -0.4 is 0 Å². The van der Waals surface area contributed by atoms with E-state index in [4.69, 9.17) is 5.11 Å². The Morgan fingerprint density at radius 3 is 2.21 bits per heavy atom. The van der Waals surface area contributed by atoms with E-state index in [0.717, 1.165) is 13.1 Å². The monoisotopic (exact) mass is 201 g/mol. The molecule has 0 spiro atoms. The standard InChI is InChI=1S/C11H23NO2/c1-6-12(9(2)3)8-7-11(4,5)10(13)14/h9H,6-8H2,1-5H3,(H,13,14). The van der Waals surface area contributed by atoms with E-state index >= 15 is 0 Å². The van der Waals surface area contributed by atoms with Gasteiger partial charge in [0.05, 0.1) is 5.41 Å². The molecule has 0 aliphatic carbocycles. The van der Waals surface area contributed by atoms with Gasteiger partial charge in [0.25, 0.3) is 0 Å². The summed E-state index contributed by atoms with van der Waals surface area (Å²) < 4.78 is 0. The van der Waals surface area contributed by atoms with Gasteiger partial charge in [-0.15, -0.1) is 0 Å². The number of carboxylic acids is 1. The van der Waals surface area contributed by atoms with Crippen LogP contribution in [0.4, 0.5) is 0 Å². The maximum atomic E-state index is 10.9. The Balaban J connectivity index is 4.09. The van der Waals surface area contributed by atoms with Crippen LogP contribution in [0.3, 0.4) is 0 Å². The lowest BCUT2D eigenvalue weighted by Gasteiger charge is -2.28. The number of carboxylic acid groups (broad SMARTS) is 1. The Hall–Kier alpha value is -0.570. The lowest BCUT2D eigenvalue weighted by atomic mass is 9.89. The number of hydrogen-bond donors (Lipinski definition) is 1. The fourth-order valence-corrected chi connectivity index (χ4v) is 1.31. The van der Waals surface area contributed by atoms with Crippen LogP contribution in [0.1, 0.15) is 41.0 Å². The van der Waals surface area contributed by atoms with Gasteiger partial charge in [0.1, 0.15) is 0 Å². The predicted octanol–water partition coefficient (Wildman–Crippen LogP) is 2.22. The van der Waals surface area contributed by atoms with Gasteiger partial charge >= 0.3 is 5.97 Å². The molecule has 0 aliphatic rings. The summed E-state index contributed by atoms with van der Waals surface area (Å²) in [5.41, 5.74) is -0.609. The van der Waals surface area contributed by atoms with E-state index in [1.807, 2.05) is 0 Å². The van der Waals surface area contributed by atoms with E-state index in [-0.39, 0.29) is 0 Å². The number of carbonyl (C=O) groups is 1. The van der Waals surface area contributed by atoms with E-state index in [0.29, 0.717) is 12.5 Å². The van der Waals surface area contributed by atoms with Gasteiger partial charge in [-0.3, -0.25) is 4.79 Å². The molecule has 0 atom stereocenters. The van der Waals surface area contributed by atoms with Crippen LogP contribution >= 0.6 is 0 Å². The van der Waals surface area contributed by atoms with Gasteiger partial charge in [-0.2, -0.15) is 0 Å². The Bertz CT molecular complexity index is 188. The first-order valence-corrected chi connectivity index (χ1v) is 5.28. The first-order valence-electron chi connectivity index (χ1n) is 5.28. The number of hydrogen-bond acceptors (Lipinski definition) is 2. The molecule has 1 N–H and O–H groups in total. The Morgan fingerprint density at radius 1 is 1.43 bits per heavy atom. The lowest BCUT2D eigenvalue weighted by Crippen LogP contribution is -2.35. The lowest BCUT2D eigenvalue weighted by molar-refractivity contribution is -0.147. The van der Waals surface area contributed by atoms with Crippen LogP contribution in [0, 0.1) is 5.41 Å². The largest absolute Gasteiger partial charge is 0.481 e. The van der Waals surface area contributed by atoms with Gasteiger partial charge in [0, 0.05) is 6.04 Å². The summed E-state index contributed by atoms with van der Waals surface area (Å²) in [5, 5.41) is 8.95. The molecule has 14 heavy (non-hydrogen) atoms. The van der Waals surface area contributed by atoms with Gasteiger partial charge in [0.15, 0.2) is 0 Å². The molecule has 0 heterocycles. The molecule has 0 saturated carbocycles. The van der Waals surface area contributed by atoms with Crippen LogP contribution in [-0.2, 0) is 4.79 Å². The fraction of sp³-hybridized carbons (Fsp3) is 0.909. The smallest absolute Gasteiger partial charge is 0.309 e. The molecule has 0 fully saturated rings. The second kappa shape index (κ2) is 5.35. The third-order valence-corrected chi connectivity index (χ3v) is 2.74. The van der Waals surface area contributed by atoms with Gasteiger partial charge in [0.2, 0.25) is 0 Å². The van der Waals surface area contributed by atoms with Crippen molar-refractivity contribution in [2.75, 3.05) is 13.1 Å². The van der Waals surface area contributed by atoms with Crippen molar-refractivity contribution in [3.63, 3.8) is 0 Å². The van der Waals surface area contributed by atoms with Crippen molar-refractivity contribution in [3.8, 4) is 0 Å². The predicted molar refractivity (Wildman–Crippen MR) is 58.4 cm³/mol. The highest BCUT2D eigenvalue weighted by molar-refractivity contribution is 5.73. The molecule has 0 aromatic rings. The van der Waals surface area contributed by atoms with Crippen molar-refractivity contribution in [2.24, 2.45) is 5.41 Å².